The van der Waals surface area contributed by atoms with Gasteiger partial charge in [0.2, 0.25) is 0 Å². The summed E-state index contributed by atoms with van der Waals surface area (Å²) in [5.74, 6) is -0.731. The molecule has 0 unspecified atom stereocenters. The average Bonchev–Trinajstić information content (AvgIpc) is 2.63. The van der Waals surface area contributed by atoms with E-state index in [1.165, 1.54) is 19.2 Å². The highest BCUT2D eigenvalue weighted by atomic mass is 19.1. The minimum Gasteiger partial charge on any atom is -0.469 e. The van der Waals surface area contributed by atoms with E-state index in [4.69, 9.17) is 9.47 Å². The van der Waals surface area contributed by atoms with Crippen molar-refractivity contribution in [3.8, 4) is 0 Å². The van der Waals surface area contributed by atoms with Gasteiger partial charge in [0.15, 0.2) is 0 Å². The highest BCUT2D eigenvalue weighted by Gasteiger charge is 2.25. The van der Waals surface area contributed by atoms with Crippen molar-refractivity contribution in [1.29, 1.82) is 0 Å². The molecule has 2 rings (SSSR count). The summed E-state index contributed by atoms with van der Waals surface area (Å²) in [5.41, 5.74) is 0.870. The van der Waals surface area contributed by atoms with Gasteiger partial charge in [0.1, 0.15) is 5.82 Å². The molecule has 6 heteroatoms. The van der Waals surface area contributed by atoms with Gasteiger partial charge in [-0.3, -0.25) is 4.79 Å². The fourth-order valence-corrected chi connectivity index (χ4v) is 3.08. The third-order valence-electron chi connectivity index (χ3n) is 4.56. The smallest absolute Gasteiger partial charge is 0.308 e. The van der Waals surface area contributed by atoms with Gasteiger partial charge in [-0.2, -0.15) is 0 Å². The number of methoxy groups -OCH3 is 2. The summed E-state index contributed by atoms with van der Waals surface area (Å²) < 4.78 is 23.6. The van der Waals surface area contributed by atoms with E-state index >= 15 is 0 Å². The Hall–Kier alpha value is -1.50. The van der Waals surface area contributed by atoms with Crippen LogP contribution in [0.2, 0.25) is 0 Å². The first-order chi connectivity index (χ1) is 11.6. The maximum absolute atomic E-state index is 13.1. The predicted molar refractivity (Wildman–Crippen MR) is 90.2 cm³/mol. The number of piperazine rings is 1. The average molecular weight is 338 g/mol. The highest BCUT2D eigenvalue weighted by molar-refractivity contribution is 5.72. The number of ether oxygens (including phenoxy) is 2. The Bertz CT molecular complexity index is 503. The summed E-state index contributed by atoms with van der Waals surface area (Å²) in [6.07, 6.45) is 1.01. The van der Waals surface area contributed by atoms with Crippen molar-refractivity contribution in [2.75, 3.05) is 46.9 Å². The predicted octanol–water partition coefficient (Wildman–Crippen LogP) is 1.99. The van der Waals surface area contributed by atoms with Crippen LogP contribution in [0.3, 0.4) is 0 Å². The third kappa shape index (κ3) is 5.54. The van der Waals surface area contributed by atoms with E-state index in [2.05, 4.69) is 10.2 Å². The topological polar surface area (TPSA) is 50.8 Å². The molecular formula is C18H27FN2O3. The van der Waals surface area contributed by atoms with Gasteiger partial charge in [0.05, 0.1) is 19.1 Å². The Balaban J connectivity index is 1.97. The Morgan fingerprint density at radius 1 is 1.25 bits per heavy atom. The molecular weight excluding hydrogens is 311 g/mol. The van der Waals surface area contributed by atoms with Crippen LogP contribution in [0, 0.1) is 11.7 Å². The maximum Gasteiger partial charge on any atom is 0.308 e. The number of hydrogen-bond donors (Lipinski definition) is 1. The van der Waals surface area contributed by atoms with Crippen molar-refractivity contribution in [1.82, 2.24) is 10.2 Å². The second kappa shape index (κ2) is 9.71. The standard InChI is InChI=1S/C18H27FN2O3/c1-23-17(14-3-5-16(19)6-4-14)13-15(18(22)24-2)7-10-21-11-8-20-9-12-21/h3-6,15,17,20H,7-13H2,1-2H3/t15-,17+/m0/s1. The van der Waals surface area contributed by atoms with Crippen LogP contribution < -0.4 is 5.32 Å². The molecule has 0 amide bonds. The van der Waals surface area contributed by atoms with Crippen LogP contribution in [0.1, 0.15) is 24.5 Å². The number of hydrogen-bond acceptors (Lipinski definition) is 5. The van der Waals surface area contributed by atoms with E-state index < -0.39 is 0 Å². The number of nitrogens with zero attached hydrogens (tertiary/aromatic N) is 1. The second-order valence-electron chi connectivity index (χ2n) is 6.11. The number of rotatable bonds is 8. The zero-order valence-corrected chi connectivity index (χ0v) is 14.5. The molecule has 0 aliphatic carbocycles. The first-order valence-corrected chi connectivity index (χ1v) is 8.43. The molecule has 1 aliphatic heterocycles. The summed E-state index contributed by atoms with van der Waals surface area (Å²) in [5, 5.41) is 3.32. The number of carbonyl (C=O) groups is 1. The Morgan fingerprint density at radius 3 is 2.50 bits per heavy atom. The van der Waals surface area contributed by atoms with E-state index in [0.29, 0.717) is 6.42 Å². The molecule has 1 aromatic rings. The summed E-state index contributed by atoms with van der Waals surface area (Å²) in [7, 11) is 3.03. The van der Waals surface area contributed by atoms with Crippen LogP contribution in [-0.2, 0) is 14.3 Å². The van der Waals surface area contributed by atoms with Gasteiger partial charge in [-0.25, -0.2) is 4.39 Å². The monoisotopic (exact) mass is 338 g/mol. The lowest BCUT2D eigenvalue weighted by Crippen LogP contribution is -2.44. The van der Waals surface area contributed by atoms with E-state index in [1.54, 1.807) is 19.2 Å². The minimum atomic E-state index is -0.281. The van der Waals surface area contributed by atoms with E-state index in [1.807, 2.05) is 0 Å². The molecule has 1 aromatic carbocycles. The van der Waals surface area contributed by atoms with E-state index in [0.717, 1.165) is 44.7 Å². The van der Waals surface area contributed by atoms with Gasteiger partial charge in [0, 0.05) is 33.3 Å². The number of nitrogens with one attached hydrogen (secondary N) is 1. The molecule has 0 saturated carbocycles. The summed E-state index contributed by atoms with van der Waals surface area (Å²) in [6.45, 7) is 4.83. The molecule has 1 fully saturated rings. The van der Waals surface area contributed by atoms with Gasteiger partial charge < -0.3 is 19.7 Å². The third-order valence-corrected chi connectivity index (χ3v) is 4.56. The lowest BCUT2D eigenvalue weighted by atomic mass is 9.93. The number of benzene rings is 1. The molecule has 134 valence electrons. The van der Waals surface area contributed by atoms with Crippen LogP contribution in [0.5, 0.6) is 0 Å². The quantitative estimate of drug-likeness (QED) is 0.735. The normalized spacial score (nSPS) is 18.1. The summed E-state index contributed by atoms with van der Waals surface area (Å²) in [6, 6.07) is 6.23. The summed E-state index contributed by atoms with van der Waals surface area (Å²) in [4.78, 5) is 14.5. The number of halogens is 1. The Labute approximate surface area is 143 Å². The zero-order chi connectivity index (χ0) is 17.4. The second-order valence-corrected chi connectivity index (χ2v) is 6.11. The molecule has 24 heavy (non-hydrogen) atoms. The molecule has 0 aromatic heterocycles. The lowest BCUT2D eigenvalue weighted by Gasteiger charge is -2.29. The van der Waals surface area contributed by atoms with Crippen LogP contribution >= 0.6 is 0 Å². The fraction of sp³-hybridized carbons (Fsp3) is 0.611. The van der Waals surface area contributed by atoms with Crippen molar-refractivity contribution < 1.29 is 18.7 Å². The van der Waals surface area contributed by atoms with Crippen LogP contribution in [0.15, 0.2) is 24.3 Å². The summed E-state index contributed by atoms with van der Waals surface area (Å²) >= 11 is 0. The van der Waals surface area contributed by atoms with E-state index in [9.17, 15) is 9.18 Å². The van der Waals surface area contributed by atoms with Crippen LogP contribution in [0.25, 0.3) is 0 Å². The molecule has 1 heterocycles. The van der Waals surface area contributed by atoms with E-state index in [-0.39, 0.29) is 23.8 Å². The molecule has 0 radical (unpaired) electrons. The van der Waals surface area contributed by atoms with Crippen molar-refractivity contribution in [3.05, 3.63) is 35.6 Å². The van der Waals surface area contributed by atoms with Gasteiger partial charge in [-0.1, -0.05) is 12.1 Å². The largest absolute Gasteiger partial charge is 0.469 e. The van der Waals surface area contributed by atoms with Gasteiger partial charge in [-0.15, -0.1) is 0 Å². The molecule has 0 spiro atoms. The number of carbonyl (C=O) groups excluding carboxylic acids is 1. The molecule has 1 N–H and O–H groups in total. The maximum atomic E-state index is 13.1. The van der Waals surface area contributed by atoms with Gasteiger partial charge in [0.25, 0.3) is 0 Å². The molecule has 5 nitrogen and oxygen atoms in total. The number of esters is 1. The first-order valence-electron chi connectivity index (χ1n) is 8.43. The first kappa shape index (κ1) is 18.8. The Kier molecular flexibility index (Phi) is 7.62. The van der Waals surface area contributed by atoms with Crippen LogP contribution in [0.4, 0.5) is 4.39 Å². The lowest BCUT2D eigenvalue weighted by molar-refractivity contribution is -0.147. The van der Waals surface area contributed by atoms with Gasteiger partial charge >= 0.3 is 5.97 Å². The SMILES string of the molecule is COC(=O)[C@@H](CCN1CCNCC1)C[C@@H](OC)c1ccc(F)cc1. The Morgan fingerprint density at radius 2 is 1.92 bits per heavy atom. The molecule has 1 aliphatic rings. The zero-order valence-electron chi connectivity index (χ0n) is 14.5. The van der Waals surface area contributed by atoms with Crippen molar-refractivity contribution in [2.24, 2.45) is 5.92 Å². The molecule has 2 atom stereocenters. The van der Waals surface area contributed by atoms with Crippen molar-refractivity contribution in [2.45, 2.75) is 18.9 Å². The highest BCUT2D eigenvalue weighted by Crippen LogP contribution is 2.27. The fourth-order valence-electron chi connectivity index (χ4n) is 3.08. The van der Waals surface area contributed by atoms with Crippen molar-refractivity contribution in [3.63, 3.8) is 0 Å². The van der Waals surface area contributed by atoms with Crippen LogP contribution in [-0.4, -0.2) is 57.8 Å². The molecule has 1 saturated heterocycles. The molecule has 0 bridgehead atoms. The van der Waals surface area contributed by atoms with Gasteiger partial charge in [-0.05, 0) is 37.1 Å². The van der Waals surface area contributed by atoms with Crippen molar-refractivity contribution >= 4 is 5.97 Å². The minimum absolute atomic E-state index is 0.214.